The van der Waals surface area contributed by atoms with Crippen molar-refractivity contribution in [2.24, 2.45) is 5.41 Å². The van der Waals surface area contributed by atoms with Crippen LogP contribution < -0.4 is 5.32 Å². The minimum Gasteiger partial charge on any atom is -0.319 e. The fourth-order valence-corrected chi connectivity index (χ4v) is 1.24. The van der Waals surface area contributed by atoms with E-state index in [0.29, 0.717) is 5.41 Å². The van der Waals surface area contributed by atoms with Crippen LogP contribution in [0, 0.1) is 5.41 Å². The van der Waals surface area contributed by atoms with Crippen LogP contribution in [0.2, 0.25) is 0 Å². The quantitative estimate of drug-likeness (QED) is 0.579. The summed E-state index contributed by atoms with van der Waals surface area (Å²) >= 11 is 0. The Balaban J connectivity index is 3.81. The molecule has 0 aliphatic heterocycles. The minimum absolute atomic E-state index is 0.295. The standard InChI is InChI=1S/C9H19N/c1-5-7-9(3,6-2)8-10-4/h6,10H,2,5,7-8H2,1,3-4H3. The number of rotatable bonds is 5. The summed E-state index contributed by atoms with van der Waals surface area (Å²) in [6.07, 6.45) is 4.49. The van der Waals surface area contributed by atoms with Crippen molar-refractivity contribution in [3.63, 3.8) is 0 Å². The second kappa shape index (κ2) is 4.51. The Morgan fingerprint density at radius 3 is 2.50 bits per heavy atom. The average molecular weight is 141 g/mol. The molecule has 60 valence electrons. The van der Waals surface area contributed by atoms with E-state index in [1.54, 1.807) is 0 Å². The van der Waals surface area contributed by atoms with E-state index in [4.69, 9.17) is 0 Å². The lowest BCUT2D eigenvalue weighted by Gasteiger charge is -2.24. The lowest BCUT2D eigenvalue weighted by Crippen LogP contribution is -2.27. The summed E-state index contributed by atoms with van der Waals surface area (Å²) < 4.78 is 0. The molecule has 0 saturated carbocycles. The maximum Gasteiger partial charge on any atom is 0.00367 e. The first-order valence-corrected chi connectivity index (χ1v) is 3.96. The molecule has 1 unspecified atom stereocenters. The third-order valence-corrected chi connectivity index (χ3v) is 1.89. The second-order valence-electron chi connectivity index (χ2n) is 3.14. The predicted octanol–water partition coefficient (Wildman–Crippen LogP) is 2.20. The van der Waals surface area contributed by atoms with Crippen molar-refractivity contribution >= 4 is 0 Å². The summed E-state index contributed by atoms with van der Waals surface area (Å²) in [4.78, 5) is 0. The van der Waals surface area contributed by atoms with Gasteiger partial charge in [-0.3, -0.25) is 0 Å². The molecule has 1 heteroatoms. The first-order chi connectivity index (χ1) is 4.68. The molecule has 0 aromatic rings. The van der Waals surface area contributed by atoms with E-state index < -0.39 is 0 Å². The van der Waals surface area contributed by atoms with Gasteiger partial charge in [0.1, 0.15) is 0 Å². The molecule has 0 aliphatic carbocycles. The zero-order valence-corrected chi connectivity index (χ0v) is 7.41. The molecule has 0 heterocycles. The van der Waals surface area contributed by atoms with Crippen molar-refractivity contribution in [3.05, 3.63) is 12.7 Å². The van der Waals surface area contributed by atoms with Gasteiger partial charge in [-0.1, -0.05) is 26.3 Å². The SMILES string of the molecule is C=CC(C)(CCC)CNC. The van der Waals surface area contributed by atoms with Crippen LogP contribution in [0.3, 0.4) is 0 Å². The van der Waals surface area contributed by atoms with Crippen LogP contribution in [-0.4, -0.2) is 13.6 Å². The molecule has 0 bridgehead atoms. The minimum atomic E-state index is 0.295. The monoisotopic (exact) mass is 141 g/mol. The van der Waals surface area contributed by atoms with Gasteiger partial charge in [0.15, 0.2) is 0 Å². The van der Waals surface area contributed by atoms with Gasteiger partial charge >= 0.3 is 0 Å². The molecule has 0 aliphatic rings. The summed E-state index contributed by atoms with van der Waals surface area (Å²) in [5, 5.41) is 3.17. The van der Waals surface area contributed by atoms with Crippen molar-refractivity contribution in [2.75, 3.05) is 13.6 Å². The van der Waals surface area contributed by atoms with Gasteiger partial charge < -0.3 is 5.32 Å². The summed E-state index contributed by atoms with van der Waals surface area (Å²) in [6, 6.07) is 0. The summed E-state index contributed by atoms with van der Waals surface area (Å²) in [5.41, 5.74) is 0.295. The van der Waals surface area contributed by atoms with Crippen LogP contribution in [0.4, 0.5) is 0 Å². The average Bonchev–Trinajstić information content (AvgIpc) is 1.89. The highest BCUT2D eigenvalue weighted by Crippen LogP contribution is 2.22. The van der Waals surface area contributed by atoms with Crippen LogP contribution in [0.15, 0.2) is 12.7 Å². The van der Waals surface area contributed by atoms with Crippen molar-refractivity contribution in [2.45, 2.75) is 26.7 Å². The molecule has 0 fully saturated rings. The summed E-state index contributed by atoms with van der Waals surface area (Å²) in [5.74, 6) is 0. The Morgan fingerprint density at radius 2 is 2.20 bits per heavy atom. The number of hydrogen-bond acceptors (Lipinski definition) is 1. The van der Waals surface area contributed by atoms with Crippen molar-refractivity contribution in [1.29, 1.82) is 0 Å². The lowest BCUT2D eigenvalue weighted by atomic mass is 9.86. The largest absolute Gasteiger partial charge is 0.319 e. The van der Waals surface area contributed by atoms with E-state index in [1.807, 2.05) is 13.1 Å². The third-order valence-electron chi connectivity index (χ3n) is 1.89. The maximum atomic E-state index is 3.83. The first-order valence-electron chi connectivity index (χ1n) is 3.96. The number of hydrogen-bond donors (Lipinski definition) is 1. The van der Waals surface area contributed by atoms with E-state index in [0.717, 1.165) is 6.54 Å². The molecule has 0 spiro atoms. The molecule has 0 radical (unpaired) electrons. The van der Waals surface area contributed by atoms with E-state index in [9.17, 15) is 0 Å². The molecular formula is C9H19N. The topological polar surface area (TPSA) is 12.0 Å². The van der Waals surface area contributed by atoms with Gasteiger partial charge in [0.25, 0.3) is 0 Å². The van der Waals surface area contributed by atoms with Crippen LogP contribution >= 0.6 is 0 Å². The van der Waals surface area contributed by atoms with Crippen LogP contribution in [-0.2, 0) is 0 Å². The smallest absolute Gasteiger partial charge is 0.00367 e. The van der Waals surface area contributed by atoms with Gasteiger partial charge in [0.2, 0.25) is 0 Å². The van der Waals surface area contributed by atoms with Crippen molar-refractivity contribution in [1.82, 2.24) is 5.32 Å². The molecule has 0 amide bonds. The molecule has 10 heavy (non-hydrogen) atoms. The Bertz CT molecular complexity index is 90.9. The molecule has 1 N–H and O–H groups in total. The maximum absolute atomic E-state index is 3.83. The van der Waals surface area contributed by atoms with Crippen LogP contribution in [0.1, 0.15) is 26.7 Å². The van der Waals surface area contributed by atoms with Gasteiger partial charge in [-0.25, -0.2) is 0 Å². The van der Waals surface area contributed by atoms with Gasteiger partial charge in [0, 0.05) is 6.54 Å². The molecular weight excluding hydrogens is 122 g/mol. The normalized spacial score (nSPS) is 16.3. The van der Waals surface area contributed by atoms with E-state index in [2.05, 4.69) is 25.7 Å². The molecule has 0 saturated heterocycles. The summed E-state index contributed by atoms with van der Waals surface area (Å²) in [6.45, 7) is 9.30. The van der Waals surface area contributed by atoms with Crippen molar-refractivity contribution < 1.29 is 0 Å². The van der Waals surface area contributed by atoms with Crippen LogP contribution in [0.5, 0.6) is 0 Å². The highest BCUT2D eigenvalue weighted by molar-refractivity contribution is 4.92. The summed E-state index contributed by atoms with van der Waals surface area (Å²) in [7, 11) is 1.98. The fraction of sp³-hybridized carbons (Fsp3) is 0.778. The Hall–Kier alpha value is -0.300. The highest BCUT2D eigenvalue weighted by Gasteiger charge is 2.16. The van der Waals surface area contributed by atoms with Crippen molar-refractivity contribution in [3.8, 4) is 0 Å². The zero-order valence-electron chi connectivity index (χ0n) is 7.41. The Labute approximate surface area is 64.5 Å². The predicted molar refractivity (Wildman–Crippen MR) is 47.1 cm³/mol. The zero-order chi connectivity index (χ0) is 8.04. The lowest BCUT2D eigenvalue weighted by molar-refractivity contribution is 0.373. The molecule has 1 atom stereocenters. The van der Waals surface area contributed by atoms with Crippen LogP contribution in [0.25, 0.3) is 0 Å². The van der Waals surface area contributed by atoms with Gasteiger partial charge in [-0.15, -0.1) is 6.58 Å². The third kappa shape index (κ3) is 3.02. The number of nitrogens with one attached hydrogen (secondary N) is 1. The van der Waals surface area contributed by atoms with E-state index >= 15 is 0 Å². The van der Waals surface area contributed by atoms with Gasteiger partial charge in [-0.2, -0.15) is 0 Å². The first kappa shape index (κ1) is 9.70. The molecule has 1 nitrogen and oxygen atoms in total. The molecule has 0 aromatic carbocycles. The van der Waals surface area contributed by atoms with Gasteiger partial charge in [0.05, 0.1) is 0 Å². The molecule has 0 rings (SSSR count). The van der Waals surface area contributed by atoms with E-state index in [1.165, 1.54) is 12.8 Å². The Kier molecular flexibility index (Phi) is 4.37. The Morgan fingerprint density at radius 1 is 1.60 bits per heavy atom. The van der Waals surface area contributed by atoms with Gasteiger partial charge in [-0.05, 0) is 18.9 Å². The van der Waals surface area contributed by atoms with E-state index in [-0.39, 0.29) is 0 Å². The second-order valence-corrected chi connectivity index (χ2v) is 3.14. The highest BCUT2D eigenvalue weighted by atomic mass is 14.8. The molecule has 0 aromatic heterocycles. The fourth-order valence-electron chi connectivity index (χ4n) is 1.24.